The molecule has 5 nitrogen and oxygen atoms in total. The predicted molar refractivity (Wildman–Crippen MR) is 127 cm³/mol. The van der Waals surface area contributed by atoms with E-state index in [9.17, 15) is 13.6 Å². The van der Waals surface area contributed by atoms with Crippen molar-refractivity contribution in [1.82, 2.24) is 9.80 Å². The van der Waals surface area contributed by atoms with Crippen LogP contribution in [0.15, 0.2) is 42.5 Å². The van der Waals surface area contributed by atoms with Crippen molar-refractivity contribution in [2.24, 2.45) is 0 Å². The lowest BCUT2D eigenvalue weighted by Crippen LogP contribution is -2.58. The van der Waals surface area contributed by atoms with E-state index in [4.69, 9.17) is 9.47 Å². The topological polar surface area (TPSA) is 42.0 Å². The lowest BCUT2D eigenvalue weighted by atomic mass is 9.89. The summed E-state index contributed by atoms with van der Waals surface area (Å²) in [7, 11) is 0. The second-order valence-corrected chi connectivity index (χ2v) is 10.3. The van der Waals surface area contributed by atoms with Crippen LogP contribution in [0.5, 0.6) is 0 Å². The molecule has 4 rings (SSSR count). The first kappa shape index (κ1) is 24.6. The molecular weight excluding hydrogens is 438 g/mol. The van der Waals surface area contributed by atoms with Crippen molar-refractivity contribution in [1.29, 1.82) is 0 Å². The Hall–Kier alpha value is -2.51. The minimum atomic E-state index is -0.607. The van der Waals surface area contributed by atoms with Crippen molar-refractivity contribution in [2.75, 3.05) is 32.8 Å². The van der Waals surface area contributed by atoms with Gasteiger partial charge in [-0.2, -0.15) is 0 Å². The molecule has 0 saturated carbocycles. The number of amides is 1. The van der Waals surface area contributed by atoms with E-state index in [2.05, 4.69) is 17.0 Å². The Bertz CT molecular complexity index is 1010. The maximum atomic E-state index is 13.8. The molecule has 0 spiro atoms. The molecule has 7 heteroatoms. The average molecular weight is 473 g/mol. The average Bonchev–Trinajstić information content (AvgIpc) is 3.15. The fraction of sp³-hybridized carbons (Fsp3) is 0.519. The van der Waals surface area contributed by atoms with Crippen LogP contribution in [0.1, 0.15) is 56.9 Å². The zero-order valence-corrected chi connectivity index (χ0v) is 20.4. The van der Waals surface area contributed by atoms with Gasteiger partial charge in [-0.05, 0) is 69.4 Å². The fourth-order valence-electron chi connectivity index (χ4n) is 5.05. The van der Waals surface area contributed by atoms with E-state index in [1.54, 1.807) is 4.90 Å². The van der Waals surface area contributed by atoms with Gasteiger partial charge in [-0.25, -0.2) is 13.6 Å². The highest BCUT2D eigenvalue weighted by molar-refractivity contribution is 5.68. The van der Waals surface area contributed by atoms with Crippen LogP contribution in [0.4, 0.5) is 13.6 Å². The van der Waals surface area contributed by atoms with Crippen LogP contribution < -0.4 is 0 Å². The molecule has 0 N–H and O–H groups in total. The van der Waals surface area contributed by atoms with Crippen LogP contribution in [0, 0.1) is 11.6 Å². The molecule has 0 radical (unpaired) electrons. The quantitative estimate of drug-likeness (QED) is 0.581. The van der Waals surface area contributed by atoms with Crippen LogP contribution in [-0.4, -0.2) is 54.3 Å². The molecular formula is C27H34F2N2O3. The molecule has 1 fully saturated rings. The standard InChI is InChI=1S/C27H34F2N2O3/c1-19(21-15-22(28)17-23(29)16-21)33-18-27(10-9-20-7-5-6-8-24(20)27)31-13-11-30(12-14-31)25(32)34-26(2,3)4/h5-8,15-17,19H,9-14,18H2,1-4H3/t19?,27-/m1/s1. The zero-order valence-electron chi connectivity index (χ0n) is 20.4. The number of ether oxygens (including phenoxy) is 2. The number of nitrogens with zero attached hydrogens (tertiary/aromatic N) is 2. The summed E-state index contributed by atoms with van der Waals surface area (Å²) in [6.45, 7) is 10.4. The second-order valence-electron chi connectivity index (χ2n) is 10.3. The van der Waals surface area contributed by atoms with Gasteiger partial charge in [0.2, 0.25) is 0 Å². The summed E-state index contributed by atoms with van der Waals surface area (Å²) in [5, 5.41) is 0. The largest absolute Gasteiger partial charge is 0.444 e. The molecule has 2 atom stereocenters. The molecule has 0 bridgehead atoms. The van der Waals surface area contributed by atoms with E-state index in [1.807, 2.05) is 39.8 Å². The van der Waals surface area contributed by atoms with E-state index in [0.29, 0.717) is 38.3 Å². The summed E-state index contributed by atoms with van der Waals surface area (Å²) in [6.07, 6.45) is 1.08. The van der Waals surface area contributed by atoms with Gasteiger partial charge in [0.15, 0.2) is 0 Å². The number of halogens is 2. The molecule has 1 aliphatic heterocycles. The van der Waals surface area contributed by atoms with Gasteiger partial charge in [0.1, 0.15) is 17.2 Å². The van der Waals surface area contributed by atoms with Gasteiger partial charge < -0.3 is 14.4 Å². The third kappa shape index (κ3) is 5.26. The maximum Gasteiger partial charge on any atom is 0.410 e. The van der Waals surface area contributed by atoms with Crippen LogP contribution in [0.25, 0.3) is 0 Å². The zero-order chi connectivity index (χ0) is 24.5. The number of piperazine rings is 1. The molecule has 34 heavy (non-hydrogen) atoms. The van der Waals surface area contributed by atoms with E-state index in [-0.39, 0.29) is 11.6 Å². The Morgan fingerprint density at radius 3 is 2.35 bits per heavy atom. The number of hydrogen-bond acceptors (Lipinski definition) is 4. The Morgan fingerprint density at radius 2 is 1.71 bits per heavy atom. The van der Waals surface area contributed by atoms with Crippen LogP contribution in [0.3, 0.4) is 0 Å². The summed E-state index contributed by atoms with van der Waals surface area (Å²) >= 11 is 0. The number of fused-ring (bicyclic) bond motifs is 1. The van der Waals surface area contributed by atoms with Crippen LogP contribution in [0.2, 0.25) is 0 Å². The first-order valence-electron chi connectivity index (χ1n) is 12.0. The Kier molecular flexibility index (Phi) is 6.97. The first-order valence-corrected chi connectivity index (χ1v) is 12.0. The van der Waals surface area contributed by atoms with Crippen molar-refractivity contribution in [3.8, 4) is 0 Å². The number of hydrogen-bond donors (Lipinski definition) is 0. The maximum absolute atomic E-state index is 13.8. The molecule has 2 aromatic rings. The first-order chi connectivity index (χ1) is 16.1. The lowest BCUT2D eigenvalue weighted by Gasteiger charge is -2.46. The lowest BCUT2D eigenvalue weighted by molar-refractivity contribution is -0.0589. The van der Waals surface area contributed by atoms with Crippen LogP contribution in [-0.2, 0) is 21.4 Å². The molecule has 1 heterocycles. The molecule has 1 amide bonds. The third-order valence-corrected chi connectivity index (χ3v) is 6.79. The van der Waals surface area contributed by atoms with Crippen molar-refractivity contribution in [3.63, 3.8) is 0 Å². The smallest absolute Gasteiger partial charge is 0.410 e. The Balaban J connectivity index is 1.51. The third-order valence-electron chi connectivity index (χ3n) is 6.79. The van der Waals surface area contributed by atoms with Gasteiger partial charge in [-0.15, -0.1) is 0 Å². The highest BCUT2D eigenvalue weighted by atomic mass is 19.1. The van der Waals surface area contributed by atoms with E-state index in [0.717, 1.165) is 18.9 Å². The Labute approximate surface area is 200 Å². The predicted octanol–water partition coefficient (Wildman–Crippen LogP) is 5.44. The molecule has 1 saturated heterocycles. The summed E-state index contributed by atoms with van der Waals surface area (Å²) in [4.78, 5) is 16.7. The van der Waals surface area contributed by atoms with Crippen LogP contribution >= 0.6 is 0 Å². The fourth-order valence-corrected chi connectivity index (χ4v) is 5.05. The SMILES string of the molecule is CC(OC[C@]1(N2CCN(C(=O)OC(C)(C)C)CC2)CCc2ccccc21)c1cc(F)cc(F)c1. The van der Waals surface area contributed by atoms with Crippen molar-refractivity contribution in [3.05, 3.63) is 70.8 Å². The van der Waals surface area contributed by atoms with E-state index < -0.39 is 23.3 Å². The minimum Gasteiger partial charge on any atom is -0.444 e. The number of aryl methyl sites for hydroxylation is 1. The molecule has 184 valence electrons. The second kappa shape index (κ2) is 9.62. The monoisotopic (exact) mass is 472 g/mol. The van der Waals surface area contributed by atoms with E-state index in [1.165, 1.54) is 23.3 Å². The summed E-state index contributed by atoms with van der Waals surface area (Å²) in [5.41, 5.74) is 2.13. The molecule has 2 aliphatic rings. The number of rotatable bonds is 5. The van der Waals surface area contributed by atoms with Gasteiger partial charge in [0, 0.05) is 32.2 Å². The van der Waals surface area contributed by atoms with Crippen molar-refractivity contribution >= 4 is 6.09 Å². The van der Waals surface area contributed by atoms with Crippen molar-refractivity contribution < 1.29 is 23.0 Å². The summed E-state index contributed by atoms with van der Waals surface area (Å²) in [6, 6.07) is 11.9. The Morgan fingerprint density at radius 1 is 1.06 bits per heavy atom. The minimum absolute atomic E-state index is 0.286. The molecule has 2 aromatic carbocycles. The van der Waals surface area contributed by atoms with Gasteiger partial charge >= 0.3 is 6.09 Å². The normalized spacial score (nSPS) is 21.9. The summed E-state index contributed by atoms with van der Waals surface area (Å²) < 4.78 is 39.3. The number of benzene rings is 2. The number of carbonyl (C=O) groups is 1. The number of carbonyl (C=O) groups excluding carboxylic acids is 1. The van der Waals surface area contributed by atoms with Gasteiger partial charge in [-0.1, -0.05) is 24.3 Å². The molecule has 0 aromatic heterocycles. The highest BCUT2D eigenvalue weighted by Crippen LogP contribution is 2.43. The van der Waals surface area contributed by atoms with Crippen molar-refractivity contribution in [2.45, 2.75) is 57.8 Å². The van der Waals surface area contributed by atoms with Gasteiger partial charge in [-0.3, -0.25) is 4.90 Å². The molecule has 1 unspecified atom stereocenters. The van der Waals surface area contributed by atoms with Gasteiger partial charge in [0.05, 0.1) is 18.2 Å². The molecule has 1 aliphatic carbocycles. The highest BCUT2D eigenvalue weighted by Gasteiger charge is 2.45. The van der Waals surface area contributed by atoms with Gasteiger partial charge in [0.25, 0.3) is 0 Å². The van der Waals surface area contributed by atoms with E-state index >= 15 is 0 Å². The summed E-state index contributed by atoms with van der Waals surface area (Å²) in [5.74, 6) is -1.21.